The second-order valence-electron chi connectivity index (χ2n) is 5.19. The molecule has 1 aromatic heterocycles. The van der Waals surface area contributed by atoms with Gasteiger partial charge in [-0.05, 0) is 24.1 Å². The van der Waals surface area contributed by atoms with Gasteiger partial charge in [0.1, 0.15) is 0 Å². The molecule has 1 aliphatic heterocycles. The van der Waals surface area contributed by atoms with Crippen molar-refractivity contribution in [2.24, 2.45) is 5.92 Å². The van der Waals surface area contributed by atoms with Crippen LogP contribution in [0.3, 0.4) is 0 Å². The van der Waals surface area contributed by atoms with Gasteiger partial charge in [0.15, 0.2) is 0 Å². The molecule has 5 heteroatoms. The van der Waals surface area contributed by atoms with E-state index in [9.17, 15) is 9.59 Å². The molecule has 20 heavy (non-hydrogen) atoms. The first-order valence-electron chi connectivity index (χ1n) is 6.70. The van der Waals surface area contributed by atoms with Crippen LogP contribution in [-0.2, 0) is 16.0 Å². The topological polar surface area (TPSA) is 73.4 Å². The number of carbonyl (C=O) groups is 2. The fourth-order valence-corrected chi connectivity index (χ4v) is 2.78. The van der Waals surface area contributed by atoms with E-state index in [1.807, 2.05) is 30.5 Å². The molecule has 2 heterocycles. The summed E-state index contributed by atoms with van der Waals surface area (Å²) in [7, 11) is 0. The van der Waals surface area contributed by atoms with Crippen molar-refractivity contribution in [1.29, 1.82) is 0 Å². The molecule has 0 spiro atoms. The number of aliphatic carboxylic acids is 1. The van der Waals surface area contributed by atoms with Gasteiger partial charge >= 0.3 is 5.97 Å². The van der Waals surface area contributed by atoms with Crippen molar-refractivity contribution in [3.8, 4) is 0 Å². The lowest BCUT2D eigenvalue weighted by molar-refractivity contribution is -0.141. The Balaban J connectivity index is 1.69. The predicted octanol–water partition coefficient (Wildman–Crippen LogP) is 1.64. The molecule has 0 saturated carbocycles. The molecular formula is C15H16N2O3. The van der Waals surface area contributed by atoms with Crippen molar-refractivity contribution in [1.82, 2.24) is 9.88 Å². The van der Waals surface area contributed by atoms with E-state index in [0.29, 0.717) is 13.1 Å². The standard InChI is InChI=1S/C15H16N2O3/c18-14-8-11(15(19)20)9-17(14)7-5-10-2-1-3-13-12(10)4-6-16-13/h1-4,6,11,16H,5,7-9H2,(H,19,20). The highest BCUT2D eigenvalue weighted by atomic mass is 16.4. The van der Waals surface area contributed by atoms with Crippen LogP contribution < -0.4 is 0 Å². The average Bonchev–Trinajstić information content (AvgIpc) is 3.03. The Labute approximate surface area is 116 Å². The van der Waals surface area contributed by atoms with Crippen molar-refractivity contribution in [2.45, 2.75) is 12.8 Å². The van der Waals surface area contributed by atoms with Crippen LogP contribution in [0.15, 0.2) is 30.5 Å². The van der Waals surface area contributed by atoms with E-state index in [-0.39, 0.29) is 12.3 Å². The number of likely N-dealkylation sites (tertiary alicyclic amines) is 1. The van der Waals surface area contributed by atoms with Crippen molar-refractivity contribution >= 4 is 22.8 Å². The van der Waals surface area contributed by atoms with Gasteiger partial charge in [-0.25, -0.2) is 0 Å². The third-order valence-electron chi connectivity index (χ3n) is 3.90. The molecule has 0 aliphatic carbocycles. The van der Waals surface area contributed by atoms with Gasteiger partial charge in [0.25, 0.3) is 0 Å². The smallest absolute Gasteiger partial charge is 0.308 e. The van der Waals surface area contributed by atoms with E-state index in [1.54, 1.807) is 4.90 Å². The third kappa shape index (κ3) is 2.27. The molecule has 5 nitrogen and oxygen atoms in total. The minimum atomic E-state index is -0.881. The molecule has 1 fully saturated rings. The zero-order valence-corrected chi connectivity index (χ0v) is 11.0. The van der Waals surface area contributed by atoms with E-state index < -0.39 is 11.9 Å². The molecule has 0 radical (unpaired) electrons. The number of carboxylic acids is 1. The highest BCUT2D eigenvalue weighted by molar-refractivity contribution is 5.86. The monoisotopic (exact) mass is 272 g/mol. The maximum atomic E-state index is 11.8. The number of carbonyl (C=O) groups excluding carboxylic acids is 1. The predicted molar refractivity (Wildman–Crippen MR) is 74.3 cm³/mol. The van der Waals surface area contributed by atoms with Crippen molar-refractivity contribution in [3.63, 3.8) is 0 Å². The molecule has 104 valence electrons. The quantitative estimate of drug-likeness (QED) is 0.888. The number of aromatic nitrogens is 1. The number of carboxylic acid groups (broad SMARTS) is 1. The summed E-state index contributed by atoms with van der Waals surface area (Å²) in [6, 6.07) is 8.07. The van der Waals surface area contributed by atoms with Crippen molar-refractivity contribution in [3.05, 3.63) is 36.0 Å². The average molecular weight is 272 g/mol. The zero-order chi connectivity index (χ0) is 14.1. The Bertz CT molecular complexity index is 662. The number of hydrogen-bond donors (Lipinski definition) is 2. The molecular weight excluding hydrogens is 256 g/mol. The molecule has 1 unspecified atom stereocenters. The lowest BCUT2D eigenvalue weighted by Gasteiger charge is -2.16. The van der Waals surface area contributed by atoms with Gasteiger partial charge in [0.05, 0.1) is 5.92 Å². The van der Waals surface area contributed by atoms with Crippen LogP contribution >= 0.6 is 0 Å². The van der Waals surface area contributed by atoms with Gasteiger partial charge < -0.3 is 15.0 Å². The number of rotatable bonds is 4. The van der Waals surface area contributed by atoms with Crippen LogP contribution in [-0.4, -0.2) is 40.0 Å². The summed E-state index contributed by atoms with van der Waals surface area (Å²) < 4.78 is 0. The summed E-state index contributed by atoms with van der Waals surface area (Å²) >= 11 is 0. The SMILES string of the molecule is O=C(O)C1CC(=O)N(CCc2cccc3[nH]ccc23)C1. The first-order chi connectivity index (χ1) is 9.65. The second kappa shape index (κ2) is 5.00. The van der Waals surface area contributed by atoms with Crippen LogP contribution in [0.1, 0.15) is 12.0 Å². The number of H-pyrrole nitrogens is 1. The summed E-state index contributed by atoms with van der Waals surface area (Å²) in [6.07, 6.45) is 2.77. The summed E-state index contributed by atoms with van der Waals surface area (Å²) in [5.74, 6) is -1.49. The Morgan fingerprint density at radius 1 is 1.40 bits per heavy atom. The van der Waals surface area contributed by atoms with Gasteiger partial charge in [-0.15, -0.1) is 0 Å². The molecule has 1 aromatic carbocycles. The number of hydrogen-bond acceptors (Lipinski definition) is 2. The summed E-state index contributed by atoms with van der Waals surface area (Å²) in [5.41, 5.74) is 2.26. The number of amides is 1. The van der Waals surface area contributed by atoms with E-state index in [2.05, 4.69) is 4.98 Å². The van der Waals surface area contributed by atoms with E-state index in [1.165, 1.54) is 5.56 Å². The Hall–Kier alpha value is -2.30. The maximum absolute atomic E-state index is 11.8. The lowest BCUT2D eigenvalue weighted by Crippen LogP contribution is -2.28. The molecule has 1 amide bonds. The summed E-state index contributed by atoms with van der Waals surface area (Å²) in [4.78, 5) is 27.5. The highest BCUT2D eigenvalue weighted by Gasteiger charge is 2.33. The van der Waals surface area contributed by atoms with Gasteiger partial charge in [-0.1, -0.05) is 12.1 Å². The number of fused-ring (bicyclic) bond motifs is 1. The van der Waals surface area contributed by atoms with E-state index in [0.717, 1.165) is 17.3 Å². The zero-order valence-electron chi connectivity index (χ0n) is 11.0. The van der Waals surface area contributed by atoms with Crippen LogP contribution in [0, 0.1) is 5.92 Å². The fraction of sp³-hybridized carbons (Fsp3) is 0.333. The first-order valence-corrected chi connectivity index (χ1v) is 6.70. The lowest BCUT2D eigenvalue weighted by atomic mass is 10.1. The van der Waals surface area contributed by atoms with E-state index in [4.69, 9.17) is 5.11 Å². The minimum Gasteiger partial charge on any atom is -0.481 e. The largest absolute Gasteiger partial charge is 0.481 e. The normalized spacial score (nSPS) is 18.9. The number of nitrogens with zero attached hydrogens (tertiary/aromatic N) is 1. The van der Waals surface area contributed by atoms with Crippen LogP contribution in [0.4, 0.5) is 0 Å². The third-order valence-corrected chi connectivity index (χ3v) is 3.90. The molecule has 3 rings (SSSR count). The summed E-state index contributed by atoms with van der Waals surface area (Å²) in [6.45, 7) is 0.907. The van der Waals surface area contributed by atoms with Crippen LogP contribution in [0.2, 0.25) is 0 Å². The molecule has 0 bridgehead atoms. The fourth-order valence-electron chi connectivity index (χ4n) is 2.78. The summed E-state index contributed by atoms with van der Waals surface area (Å²) in [5, 5.41) is 10.1. The van der Waals surface area contributed by atoms with Gasteiger partial charge in [0.2, 0.25) is 5.91 Å². The number of benzene rings is 1. The number of nitrogens with one attached hydrogen (secondary N) is 1. The molecule has 1 saturated heterocycles. The van der Waals surface area contributed by atoms with E-state index >= 15 is 0 Å². The van der Waals surface area contributed by atoms with Gasteiger partial charge in [-0.2, -0.15) is 0 Å². The van der Waals surface area contributed by atoms with Crippen LogP contribution in [0.25, 0.3) is 10.9 Å². The minimum absolute atomic E-state index is 0.0568. The van der Waals surface area contributed by atoms with Crippen molar-refractivity contribution in [2.75, 3.05) is 13.1 Å². The second-order valence-corrected chi connectivity index (χ2v) is 5.19. The molecule has 1 atom stereocenters. The van der Waals surface area contributed by atoms with Gasteiger partial charge in [-0.3, -0.25) is 9.59 Å². The Kier molecular flexibility index (Phi) is 3.18. The Morgan fingerprint density at radius 3 is 3.00 bits per heavy atom. The molecule has 2 aromatic rings. The molecule has 2 N–H and O–H groups in total. The highest BCUT2D eigenvalue weighted by Crippen LogP contribution is 2.21. The van der Waals surface area contributed by atoms with Crippen molar-refractivity contribution < 1.29 is 14.7 Å². The first kappa shape index (κ1) is 12.7. The number of aromatic amines is 1. The van der Waals surface area contributed by atoms with Gasteiger partial charge in [0, 0.05) is 36.6 Å². The maximum Gasteiger partial charge on any atom is 0.308 e. The van der Waals surface area contributed by atoms with Crippen LogP contribution in [0.5, 0.6) is 0 Å². The Morgan fingerprint density at radius 2 is 2.25 bits per heavy atom. The molecule has 1 aliphatic rings.